The van der Waals surface area contributed by atoms with Crippen molar-refractivity contribution in [3.05, 3.63) is 61.7 Å². The number of aromatic nitrogens is 6. The average molecular weight is 807 g/mol. The van der Waals surface area contributed by atoms with Gasteiger partial charge in [0.2, 0.25) is 17.7 Å². The third kappa shape index (κ3) is 16.6. The van der Waals surface area contributed by atoms with Crippen molar-refractivity contribution in [2.75, 3.05) is 46.4 Å². The zero-order valence-corrected chi connectivity index (χ0v) is 35.7. The Morgan fingerprint density at radius 3 is 1.65 bits per heavy atom. The summed E-state index contributed by atoms with van der Waals surface area (Å²) in [6, 6.07) is 8.31. The van der Waals surface area contributed by atoms with Crippen LogP contribution >= 0.6 is 11.3 Å². The van der Waals surface area contributed by atoms with Crippen LogP contribution in [0.1, 0.15) is 87.0 Å². The number of hydrogen-bond acceptors (Lipinski definition) is 9. The molecule has 4 aromatic heterocycles. The summed E-state index contributed by atoms with van der Waals surface area (Å²) in [4.78, 5) is 68.4. The van der Waals surface area contributed by atoms with Gasteiger partial charge in [-0.2, -0.15) is 0 Å². The monoisotopic (exact) mass is 806 g/mol. The highest BCUT2D eigenvalue weighted by molar-refractivity contribution is 7.20. The number of alkyl carbamates (subject to hydrolysis) is 1. The van der Waals surface area contributed by atoms with Crippen molar-refractivity contribution >= 4 is 40.1 Å². The summed E-state index contributed by atoms with van der Waals surface area (Å²) in [5.41, 5.74) is 5.19. The number of carbonyl (C=O) groups excluding carboxylic acids is 4. The van der Waals surface area contributed by atoms with E-state index in [2.05, 4.69) is 104 Å². The van der Waals surface area contributed by atoms with E-state index in [9.17, 15) is 19.2 Å². The number of rotatable bonds is 7. The number of nitrogens with zero attached hydrogens (tertiary/aromatic N) is 6. The van der Waals surface area contributed by atoms with E-state index in [0.29, 0.717) is 0 Å². The molecular formula is C41H62N10O5S. The minimum Gasteiger partial charge on any atom is -0.453 e. The Morgan fingerprint density at radius 1 is 0.737 bits per heavy atom. The Hall–Kier alpha value is -5.51. The number of carbonyl (C=O) groups is 4. The minimum absolute atomic E-state index is 0.0303. The van der Waals surface area contributed by atoms with E-state index in [1.54, 1.807) is 33.8 Å². The highest BCUT2D eigenvalue weighted by Gasteiger charge is 2.18. The second-order valence-corrected chi connectivity index (χ2v) is 13.8. The van der Waals surface area contributed by atoms with Gasteiger partial charge in [0.25, 0.3) is 0 Å². The third-order valence-corrected chi connectivity index (χ3v) is 8.91. The van der Waals surface area contributed by atoms with Gasteiger partial charge in [-0.05, 0) is 31.2 Å². The Morgan fingerprint density at radius 2 is 1.21 bits per heavy atom. The molecule has 0 atom stereocenters. The van der Waals surface area contributed by atoms with Gasteiger partial charge in [-0.25, -0.2) is 19.7 Å². The summed E-state index contributed by atoms with van der Waals surface area (Å²) in [7, 11) is 1.27. The number of aromatic amines is 2. The fourth-order valence-corrected chi connectivity index (χ4v) is 6.20. The molecule has 0 spiro atoms. The topological polar surface area (TPSA) is 183 Å². The van der Waals surface area contributed by atoms with E-state index in [1.807, 2.05) is 26.2 Å². The van der Waals surface area contributed by atoms with Crippen LogP contribution in [0.15, 0.2) is 61.7 Å². The van der Waals surface area contributed by atoms with E-state index in [1.165, 1.54) is 26.9 Å². The maximum absolute atomic E-state index is 11.3. The molecule has 1 aromatic carbocycles. The molecule has 2 saturated heterocycles. The fourth-order valence-electron chi connectivity index (χ4n) is 5.26. The number of benzene rings is 1. The van der Waals surface area contributed by atoms with Crippen LogP contribution in [-0.2, 0) is 19.1 Å². The molecule has 15 nitrogen and oxygen atoms in total. The first-order valence-electron chi connectivity index (χ1n) is 19.8. The van der Waals surface area contributed by atoms with Gasteiger partial charge < -0.3 is 35.1 Å². The molecule has 0 saturated carbocycles. The van der Waals surface area contributed by atoms with E-state index >= 15 is 0 Å². The molecule has 0 unspecified atom stereocenters. The number of fused-ring (bicyclic) bond motifs is 1. The summed E-state index contributed by atoms with van der Waals surface area (Å²) in [6.07, 6.45) is 17.4. The molecule has 4 amide bonds. The molecule has 2 fully saturated rings. The lowest BCUT2D eigenvalue weighted by Gasteiger charge is -2.14. The van der Waals surface area contributed by atoms with Crippen LogP contribution in [0.4, 0.5) is 4.79 Å². The van der Waals surface area contributed by atoms with E-state index < -0.39 is 6.09 Å². The standard InChI is InChI=1S/C17H12N6S.C8H14N2O3.C8H14N2O2.2C3H8.C2H6/c1-3-12(4-2-11(1)13-5-18-9-20-13)15-7-23-8-16(24-17(23)22-15)14-6-19-10-21-14;1-13-8(12)9-6-7(11)10-4-2-3-5-10;1-7(11)9-6-8(12)10-4-2-3-5-10;2*1-3-2;1-2/h1-10H,(H,18,20)(H,19,21);2-6H2,1H3,(H,9,12);2-6H2,1H3,(H,9,11);2*3H2,1-2H3;1-2H3. The molecule has 2 aliphatic rings. The minimum atomic E-state index is -0.562. The fraction of sp³-hybridized carbons (Fsp3) is 0.488. The molecule has 7 rings (SSSR count). The van der Waals surface area contributed by atoms with Gasteiger partial charge in [0.05, 0.1) is 60.7 Å². The maximum atomic E-state index is 11.3. The number of imidazole rings is 3. The number of ether oxygens (including phenoxy) is 1. The molecule has 16 heteroatoms. The first-order valence-corrected chi connectivity index (χ1v) is 20.6. The summed E-state index contributed by atoms with van der Waals surface area (Å²) in [5.74, 6) is -0.159. The van der Waals surface area contributed by atoms with E-state index in [4.69, 9.17) is 4.98 Å². The highest BCUT2D eigenvalue weighted by atomic mass is 32.1. The number of likely N-dealkylation sites (tertiary alicyclic amines) is 2. The first-order chi connectivity index (χ1) is 27.6. The van der Waals surface area contributed by atoms with Gasteiger partial charge in [0, 0.05) is 51.1 Å². The predicted octanol–water partition coefficient (Wildman–Crippen LogP) is 7.41. The zero-order valence-electron chi connectivity index (χ0n) is 34.9. The number of thiazole rings is 1. The lowest BCUT2D eigenvalue weighted by atomic mass is 10.1. The van der Waals surface area contributed by atoms with Crippen molar-refractivity contribution in [3.8, 4) is 33.1 Å². The largest absolute Gasteiger partial charge is 0.453 e. The molecule has 57 heavy (non-hydrogen) atoms. The van der Waals surface area contributed by atoms with E-state index in [-0.39, 0.29) is 30.8 Å². The summed E-state index contributed by atoms with van der Waals surface area (Å²) in [5, 5.41) is 4.85. The van der Waals surface area contributed by atoms with Crippen LogP contribution < -0.4 is 10.6 Å². The predicted molar refractivity (Wildman–Crippen MR) is 228 cm³/mol. The number of methoxy groups -OCH3 is 1. The molecule has 0 radical (unpaired) electrons. The molecular weight excluding hydrogens is 745 g/mol. The second-order valence-electron chi connectivity index (χ2n) is 12.8. The summed E-state index contributed by atoms with van der Waals surface area (Å²) >= 11 is 1.64. The summed E-state index contributed by atoms with van der Waals surface area (Å²) < 4.78 is 6.40. The zero-order chi connectivity index (χ0) is 42.0. The van der Waals surface area contributed by atoms with Gasteiger partial charge in [-0.15, -0.1) is 0 Å². The first kappa shape index (κ1) is 47.6. The Balaban J connectivity index is 0.000000291. The molecule has 5 aromatic rings. The van der Waals surface area contributed by atoms with Crippen LogP contribution in [0, 0.1) is 0 Å². The SMILES string of the molecule is CC.CC(=O)NCC(=O)N1CCCC1.CCC.CCC.COC(=O)NCC(=O)N1CCCC1.c1ncc(-c2ccc(-c3cn4cc(-c5cnc[nH]5)sc4n3)cc2)[nH]1. The van der Waals surface area contributed by atoms with Gasteiger partial charge in [-0.1, -0.05) is 90.0 Å². The van der Waals surface area contributed by atoms with Crippen LogP contribution in [0.3, 0.4) is 0 Å². The van der Waals surface area contributed by atoms with Crippen molar-refractivity contribution in [2.24, 2.45) is 0 Å². The summed E-state index contributed by atoms with van der Waals surface area (Å²) in [6.45, 7) is 17.4. The molecule has 2 aliphatic heterocycles. The highest BCUT2D eigenvalue weighted by Crippen LogP contribution is 2.30. The number of amides is 4. The number of H-pyrrole nitrogens is 2. The second kappa shape index (κ2) is 27.1. The molecule has 0 bridgehead atoms. The van der Waals surface area contributed by atoms with Gasteiger partial charge in [0.1, 0.15) is 6.54 Å². The number of nitrogens with one attached hydrogen (secondary N) is 4. The molecule has 6 heterocycles. The van der Waals surface area contributed by atoms with Gasteiger partial charge in [0.15, 0.2) is 4.96 Å². The quantitative estimate of drug-likeness (QED) is 0.131. The maximum Gasteiger partial charge on any atom is 0.407 e. The van der Waals surface area contributed by atoms with Crippen molar-refractivity contribution in [3.63, 3.8) is 0 Å². The van der Waals surface area contributed by atoms with Crippen LogP contribution in [0.25, 0.3) is 38.0 Å². The van der Waals surface area contributed by atoms with Gasteiger partial charge in [-0.3, -0.25) is 18.8 Å². The van der Waals surface area contributed by atoms with Gasteiger partial charge >= 0.3 is 6.09 Å². The van der Waals surface area contributed by atoms with Crippen molar-refractivity contribution < 1.29 is 23.9 Å². The molecule has 4 N–H and O–H groups in total. The Labute approximate surface area is 341 Å². The van der Waals surface area contributed by atoms with Crippen molar-refractivity contribution in [2.45, 2.75) is 87.0 Å². The molecule has 0 aliphatic carbocycles. The van der Waals surface area contributed by atoms with Crippen LogP contribution in [0.5, 0.6) is 0 Å². The molecule has 312 valence electrons. The van der Waals surface area contributed by atoms with E-state index in [0.717, 1.165) is 89.9 Å². The Bertz CT molecular complexity index is 1810. The van der Waals surface area contributed by atoms with Crippen LogP contribution in [-0.4, -0.2) is 109 Å². The lowest BCUT2D eigenvalue weighted by molar-refractivity contribution is -0.131. The average Bonchev–Trinajstić information content (AvgIpc) is 4.07. The van der Waals surface area contributed by atoms with Crippen molar-refractivity contribution in [1.82, 2.24) is 49.8 Å². The van der Waals surface area contributed by atoms with Crippen LogP contribution in [0.2, 0.25) is 0 Å². The normalized spacial score (nSPS) is 12.5. The number of hydrogen-bond donors (Lipinski definition) is 4. The lowest BCUT2D eigenvalue weighted by Crippen LogP contribution is -2.38. The van der Waals surface area contributed by atoms with Crippen molar-refractivity contribution in [1.29, 1.82) is 0 Å². The third-order valence-electron chi connectivity index (χ3n) is 7.88. The smallest absolute Gasteiger partial charge is 0.407 e. The Kier molecular flexibility index (Phi) is 22.7.